The fraction of sp³-hybridized carbons (Fsp3) is 0.500. The van der Waals surface area contributed by atoms with Gasteiger partial charge in [0.15, 0.2) is 0 Å². The van der Waals surface area contributed by atoms with Crippen molar-refractivity contribution in [1.29, 1.82) is 0 Å². The van der Waals surface area contributed by atoms with Crippen LogP contribution in [0, 0.1) is 11.7 Å². The molecule has 0 aromatic heterocycles. The van der Waals surface area contributed by atoms with Gasteiger partial charge < -0.3 is 15.5 Å². The lowest BCUT2D eigenvalue weighted by Crippen LogP contribution is -2.33. The maximum atomic E-state index is 13.5. The van der Waals surface area contributed by atoms with Crippen molar-refractivity contribution in [2.24, 2.45) is 5.92 Å². The number of aliphatic hydroxyl groups is 1. The lowest BCUT2D eigenvalue weighted by Gasteiger charge is -2.19. The Morgan fingerprint density at radius 1 is 1.42 bits per heavy atom. The Labute approximate surface area is 111 Å². The zero-order valence-electron chi connectivity index (χ0n) is 10.6. The number of carboxylic acids is 1. The van der Waals surface area contributed by atoms with Gasteiger partial charge in [-0.1, -0.05) is 12.5 Å². The Morgan fingerprint density at radius 2 is 2.21 bits per heavy atom. The van der Waals surface area contributed by atoms with Crippen LogP contribution >= 0.6 is 0 Å². The topological polar surface area (TPSA) is 69.6 Å². The molecule has 0 amide bonds. The van der Waals surface area contributed by atoms with Gasteiger partial charge in [-0.2, -0.15) is 0 Å². The minimum Gasteiger partial charge on any atom is -0.478 e. The first-order chi connectivity index (χ1) is 9.11. The minimum atomic E-state index is -1.26. The standard InChI is InChI=1S/C14H18FNO3/c15-12-6-9(4-5-11(12)14(18)19)7-16-13-3-1-2-10(13)8-17/h4-6,10,13,16-17H,1-3,7-8H2,(H,18,19). The van der Waals surface area contributed by atoms with Crippen LogP contribution in [-0.4, -0.2) is 28.8 Å². The number of carboxylic acid groups (broad SMARTS) is 1. The molecule has 1 aromatic carbocycles. The van der Waals surface area contributed by atoms with Gasteiger partial charge >= 0.3 is 5.97 Å². The van der Waals surface area contributed by atoms with Gasteiger partial charge in [0, 0.05) is 19.2 Å². The summed E-state index contributed by atoms with van der Waals surface area (Å²) in [7, 11) is 0. The van der Waals surface area contributed by atoms with Crippen LogP contribution in [-0.2, 0) is 6.54 Å². The van der Waals surface area contributed by atoms with E-state index in [2.05, 4.69) is 5.32 Å². The molecule has 2 rings (SSSR count). The van der Waals surface area contributed by atoms with Crippen molar-refractivity contribution in [2.45, 2.75) is 31.8 Å². The van der Waals surface area contributed by atoms with E-state index >= 15 is 0 Å². The summed E-state index contributed by atoms with van der Waals surface area (Å²) in [4.78, 5) is 10.7. The Bertz CT molecular complexity index is 464. The molecule has 0 spiro atoms. The molecule has 0 bridgehead atoms. The van der Waals surface area contributed by atoms with Crippen molar-refractivity contribution in [2.75, 3.05) is 6.61 Å². The zero-order valence-corrected chi connectivity index (χ0v) is 10.6. The summed E-state index contributed by atoms with van der Waals surface area (Å²) in [5.74, 6) is -1.70. The first-order valence-corrected chi connectivity index (χ1v) is 6.47. The van der Waals surface area contributed by atoms with Crippen LogP contribution < -0.4 is 5.32 Å². The summed E-state index contributed by atoms with van der Waals surface area (Å²) in [6, 6.07) is 4.40. The second kappa shape index (κ2) is 6.12. The van der Waals surface area contributed by atoms with Crippen LogP contribution in [0.1, 0.15) is 35.2 Å². The van der Waals surface area contributed by atoms with E-state index in [1.54, 1.807) is 6.07 Å². The third-order valence-electron chi connectivity index (χ3n) is 3.73. The summed E-state index contributed by atoms with van der Waals surface area (Å²) in [6.45, 7) is 0.655. The molecule has 0 heterocycles. The van der Waals surface area contributed by atoms with Gasteiger partial charge in [0.25, 0.3) is 0 Å². The van der Waals surface area contributed by atoms with Crippen LogP contribution in [0.4, 0.5) is 4.39 Å². The molecule has 0 saturated heterocycles. The third-order valence-corrected chi connectivity index (χ3v) is 3.73. The zero-order chi connectivity index (χ0) is 13.8. The molecule has 19 heavy (non-hydrogen) atoms. The molecule has 1 fully saturated rings. The highest BCUT2D eigenvalue weighted by atomic mass is 19.1. The molecule has 1 aliphatic carbocycles. The smallest absolute Gasteiger partial charge is 0.338 e. The first kappa shape index (κ1) is 14.0. The van der Waals surface area contributed by atoms with E-state index in [0.29, 0.717) is 12.1 Å². The fourth-order valence-corrected chi connectivity index (χ4v) is 2.62. The van der Waals surface area contributed by atoms with Gasteiger partial charge in [-0.25, -0.2) is 9.18 Å². The van der Waals surface area contributed by atoms with E-state index in [9.17, 15) is 14.3 Å². The molecule has 0 radical (unpaired) electrons. The number of aliphatic hydroxyl groups excluding tert-OH is 1. The number of benzene rings is 1. The van der Waals surface area contributed by atoms with Crippen molar-refractivity contribution < 1.29 is 19.4 Å². The van der Waals surface area contributed by atoms with Crippen molar-refractivity contribution in [3.05, 3.63) is 35.1 Å². The Balaban J connectivity index is 1.96. The van der Waals surface area contributed by atoms with E-state index in [0.717, 1.165) is 19.3 Å². The van der Waals surface area contributed by atoms with Gasteiger partial charge in [-0.3, -0.25) is 0 Å². The maximum absolute atomic E-state index is 13.5. The number of rotatable bonds is 5. The minimum absolute atomic E-state index is 0.171. The molecule has 104 valence electrons. The summed E-state index contributed by atoms with van der Waals surface area (Å²) in [6.07, 6.45) is 3.12. The molecule has 2 atom stereocenters. The predicted molar refractivity (Wildman–Crippen MR) is 68.4 cm³/mol. The van der Waals surface area contributed by atoms with E-state index in [4.69, 9.17) is 5.11 Å². The van der Waals surface area contributed by atoms with Gasteiger partial charge in [0.1, 0.15) is 5.82 Å². The van der Waals surface area contributed by atoms with Crippen LogP contribution in [0.5, 0.6) is 0 Å². The average molecular weight is 267 g/mol. The van der Waals surface area contributed by atoms with Crippen LogP contribution in [0.3, 0.4) is 0 Å². The van der Waals surface area contributed by atoms with Crippen LogP contribution in [0.15, 0.2) is 18.2 Å². The van der Waals surface area contributed by atoms with Crippen molar-refractivity contribution >= 4 is 5.97 Å². The molecule has 5 heteroatoms. The number of carbonyl (C=O) groups is 1. The summed E-state index contributed by atoms with van der Waals surface area (Å²) in [5.41, 5.74) is 0.406. The van der Waals surface area contributed by atoms with Gasteiger partial charge in [-0.15, -0.1) is 0 Å². The lowest BCUT2D eigenvalue weighted by molar-refractivity contribution is 0.0692. The molecule has 2 unspecified atom stereocenters. The second-order valence-corrected chi connectivity index (χ2v) is 4.98. The summed E-state index contributed by atoms with van der Waals surface area (Å²) < 4.78 is 13.5. The van der Waals surface area contributed by atoms with Crippen LogP contribution in [0.25, 0.3) is 0 Å². The van der Waals surface area contributed by atoms with Crippen LogP contribution in [0.2, 0.25) is 0 Å². The van der Waals surface area contributed by atoms with Gasteiger partial charge in [0.05, 0.1) is 5.56 Å². The molecule has 1 aromatic rings. The maximum Gasteiger partial charge on any atom is 0.338 e. The van der Waals surface area contributed by atoms with Crippen molar-refractivity contribution in [3.8, 4) is 0 Å². The number of halogens is 1. The van der Waals surface area contributed by atoms with E-state index in [-0.39, 0.29) is 24.1 Å². The normalized spacial score (nSPS) is 22.6. The highest BCUT2D eigenvalue weighted by molar-refractivity contribution is 5.87. The highest BCUT2D eigenvalue weighted by Gasteiger charge is 2.25. The van der Waals surface area contributed by atoms with E-state index < -0.39 is 11.8 Å². The largest absolute Gasteiger partial charge is 0.478 e. The molecule has 1 saturated carbocycles. The SMILES string of the molecule is O=C(O)c1ccc(CNC2CCCC2CO)cc1F. The molecule has 4 nitrogen and oxygen atoms in total. The number of aromatic carboxylic acids is 1. The lowest BCUT2D eigenvalue weighted by atomic mass is 10.0. The Kier molecular flexibility index (Phi) is 4.50. The second-order valence-electron chi connectivity index (χ2n) is 4.98. The monoisotopic (exact) mass is 267 g/mol. The average Bonchev–Trinajstić information content (AvgIpc) is 2.83. The van der Waals surface area contributed by atoms with E-state index in [1.165, 1.54) is 12.1 Å². The van der Waals surface area contributed by atoms with Gasteiger partial charge in [-0.05, 0) is 36.5 Å². The highest BCUT2D eigenvalue weighted by Crippen LogP contribution is 2.25. The predicted octanol–water partition coefficient (Wildman–Crippen LogP) is 1.77. The molecular formula is C14H18FNO3. The fourth-order valence-electron chi connectivity index (χ4n) is 2.62. The first-order valence-electron chi connectivity index (χ1n) is 6.47. The number of nitrogens with one attached hydrogen (secondary N) is 1. The quantitative estimate of drug-likeness (QED) is 0.760. The Morgan fingerprint density at radius 3 is 2.84 bits per heavy atom. The van der Waals surface area contributed by atoms with Crippen molar-refractivity contribution in [3.63, 3.8) is 0 Å². The molecule has 1 aliphatic rings. The third kappa shape index (κ3) is 3.30. The molecule has 0 aliphatic heterocycles. The van der Waals surface area contributed by atoms with Gasteiger partial charge in [0.2, 0.25) is 0 Å². The molecule has 3 N–H and O–H groups in total. The number of hydrogen-bond donors (Lipinski definition) is 3. The summed E-state index contributed by atoms with van der Waals surface area (Å²) >= 11 is 0. The Hall–Kier alpha value is -1.46. The van der Waals surface area contributed by atoms with Crippen molar-refractivity contribution in [1.82, 2.24) is 5.32 Å². The molecular weight excluding hydrogens is 249 g/mol. The number of hydrogen-bond acceptors (Lipinski definition) is 3. The summed E-state index contributed by atoms with van der Waals surface area (Å²) in [5, 5.41) is 21.3. The van der Waals surface area contributed by atoms with E-state index in [1.807, 2.05) is 0 Å².